The highest BCUT2D eigenvalue weighted by molar-refractivity contribution is 9.10. The zero-order valence-corrected chi connectivity index (χ0v) is 19.7. The van der Waals surface area contributed by atoms with E-state index in [4.69, 9.17) is 12.2 Å². The van der Waals surface area contributed by atoms with Gasteiger partial charge in [0.05, 0.1) is 17.3 Å². The van der Waals surface area contributed by atoms with E-state index in [1.807, 2.05) is 66.9 Å². The molecule has 0 spiro atoms. The van der Waals surface area contributed by atoms with Crippen LogP contribution < -0.4 is 10.2 Å². The first-order valence-corrected chi connectivity index (χ1v) is 11.5. The average Bonchev–Trinajstić information content (AvgIpc) is 3.44. The van der Waals surface area contributed by atoms with E-state index in [2.05, 4.69) is 41.8 Å². The van der Waals surface area contributed by atoms with Crippen LogP contribution in [0.3, 0.4) is 0 Å². The Kier molecular flexibility index (Phi) is 5.70. The fourth-order valence-electron chi connectivity index (χ4n) is 4.17. The van der Waals surface area contributed by atoms with Gasteiger partial charge in [-0.05, 0) is 85.0 Å². The fourth-order valence-corrected chi connectivity index (χ4v) is 4.78. The second-order valence-corrected chi connectivity index (χ2v) is 8.93. The van der Waals surface area contributed by atoms with Crippen molar-refractivity contribution in [2.45, 2.75) is 12.1 Å². The zero-order chi connectivity index (χ0) is 22.9. The molecule has 2 unspecified atom stereocenters. The highest BCUT2D eigenvalue weighted by atomic mass is 79.9. The topological polar surface area (TPSA) is 70.4 Å². The van der Waals surface area contributed by atoms with Crippen LogP contribution in [0.1, 0.15) is 33.8 Å². The van der Waals surface area contributed by atoms with E-state index < -0.39 is 5.97 Å². The third-order valence-electron chi connectivity index (χ3n) is 5.68. The Hall–Kier alpha value is -3.49. The molecule has 0 aliphatic carbocycles. The van der Waals surface area contributed by atoms with Crippen molar-refractivity contribution in [3.8, 4) is 5.69 Å². The first-order chi connectivity index (χ1) is 16.0. The summed E-state index contributed by atoms with van der Waals surface area (Å²) < 4.78 is 3.05. The molecule has 164 valence electrons. The van der Waals surface area contributed by atoms with Crippen LogP contribution in [0.5, 0.6) is 0 Å². The number of thiocarbonyl (C=S) groups is 1. The van der Waals surface area contributed by atoms with Gasteiger partial charge in [-0.3, -0.25) is 4.98 Å². The normalized spacial score (nSPS) is 17.7. The lowest BCUT2D eigenvalue weighted by Crippen LogP contribution is -2.30. The van der Waals surface area contributed by atoms with Crippen molar-refractivity contribution in [1.29, 1.82) is 0 Å². The number of hydrogen-bond acceptors (Lipinski definition) is 3. The number of rotatable bonds is 5. The molecule has 0 amide bonds. The van der Waals surface area contributed by atoms with Crippen molar-refractivity contribution in [1.82, 2.24) is 14.9 Å². The van der Waals surface area contributed by atoms with E-state index >= 15 is 0 Å². The molecule has 1 saturated heterocycles. The molecule has 2 atom stereocenters. The molecule has 3 heterocycles. The zero-order valence-electron chi connectivity index (χ0n) is 17.3. The number of aromatic nitrogens is 2. The van der Waals surface area contributed by atoms with Crippen molar-refractivity contribution < 1.29 is 9.90 Å². The minimum atomic E-state index is -0.948. The predicted molar refractivity (Wildman–Crippen MR) is 135 cm³/mol. The molecule has 8 heteroatoms. The summed E-state index contributed by atoms with van der Waals surface area (Å²) in [6.07, 6.45) is 3.75. The van der Waals surface area contributed by atoms with Crippen molar-refractivity contribution in [3.05, 3.63) is 113 Å². The van der Waals surface area contributed by atoms with Crippen molar-refractivity contribution in [2.24, 2.45) is 0 Å². The van der Waals surface area contributed by atoms with Crippen LogP contribution in [0, 0.1) is 0 Å². The first-order valence-electron chi connectivity index (χ1n) is 10.3. The number of halogens is 1. The standard InChI is InChI=1S/C25H19BrN4O2S/c26-17-8-12-19(13-9-17)30-23(22(28-25(30)33)20-4-1-2-14-27-20)21-5-3-15-29(21)18-10-6-16(7-11-18)24(31)32/h1-15,22-23H,(H,28,33)(H,31,32). The summed E-state index contributed by atoms with van der Waals surface area (Å²) in [5, 5.41) is 13.3. The molecule has 0 radical (unpaired) electrons. The summed E-state index contributed by atoms with van der Waals surface area (Å²) >= 11 is 9.30. The summed E-state index contributed by atoms with van der Waals surface area (Å²) in [5.74, 6) is -0.948. The van der Waals surface area contributed by atoms with Gasteiger partial charge >= 0.3 is 5.97 Å². The summed E-state index contributed by atoms with van der Waals surface area (Å²) in [7, 11) is 0. The number of carbonyl (C=O) groups is 1. The lowest BCUT2D eigenvalue weighted by atomic mass is 10.0. The predicted octanol–water partition coefficient (Wildman–Crippen LogP) is 5.51. The molecule has 0 saturated carbocycles. The average molecular weight is 519 g/mol. The second kappa shape index (κ2) is 8.80. The Morgan fingerprint density at radius 1 is 0.970 bits per heavy atom. The molecule has 2 N–H and O–H groups in total. The third-order valence-corrected chi connectivity index (χ3v) is 6.52. The monoisotopic (exact) mass is 518 g/mol. The van der Waals surface area contributed by atoms with Gasteiger partial charge in [0.25, 0.3) is 0 Å². The van der Waals surface area contributed by atoms with Gasteiger partial charge in [-0.15, -0.1) is 0 Å². The maximum absolute atomic E-state index is 11.3. The van der Waals surface area contributed by atoms with E-state index in [1.165, 1.54) is 0 Å². The molecule has 1 aliphatic heterocycles. The van der Waals surface area contributed by atoms with Crippen LogP contribution in [0.2, 0.25) is 0 Å². The number of carboxylic acid groups (broad SMARTS) is 1. The summed E-state index contributed by atoms with van der Waals surface area (Å²) in [4.78, 5) is 18.0. The van der Waals surface area contributed by atoms with Gasteiger partial charge in [-0.25, -0.2) is 4.79 Å². The summed E-state index contributed by atoms with van der Waals surface area (Å²) in [6, 6.07) is 24.4. The molecule has 4 aromatic rings. The Morgan fingerprint density at radius 3 is 2.36 bits per heavy atom. The second-order valence-electron chi connectivity index (χ2n) is 7.63. The number of pyridine rings is 1. The Labute approximate surface area is 204 Å². The van der Waals surface area contributed by atoms with Crippen LogP contribution in [0.25, 0.3) is 5.69 Å². The molecular weight excluding hydrogens is 500 g/mol. The van der Waals surface area contributed by atoms with Gasteiger partial charge in [0.15, 0.2) is 5.11 Å². The third kappa shape index (κ3) is 4.03. The van der Waals surface area contributed by atoms with Crippen LogP contribution in [-0.2, 0) is 0 Å². The lowest BCUT2D eigenvalue weighted by molar-refractivity contribution is 0.0697. The molecule has 1 aliphatic rings. The number of anilines is 1. The van der Waals surface area contributed by atoms with E-state index in [0.29, 0.717) is 5.11 Å². The molecule has 2 aromatic heterocycles. The fraction of sp³-hybridized carbons (Fsp3) is 0.0800. The number of aromatic carboxylic acids is 1. The quantitative estimate of drug-likeness (QED) is 0.339. The van der Waals surface area contributed by atoms with Crippen molar-refractivity contribution >= 4 is 44.9 Å². The van der Waals surface area contributed by atoms with Gasteiger partial charge < -0.3 is 19.9 Å². The van der Waals surface area contributed by atoms with Crippen molar-refractivity contribution in [2.75, 3.05) is 4.90 Å². The maximum Gasteiger partial charge on any atom is 0.335 e. The summed E-state index contributed by atoms with van der Waals surface area (Å²) in [5.41, 5.74) is 3.97. The van der Waals surface area contributed by atoms with Gasteiger partial charge in [-0.1, -0.05) is 22.0 Å². The molecule has 33 heavy (non-hydrogen) atoms. The smallest absolute Gasteiger partial charge is 0.335 e. The van der Waals surface area contributed by atoms with Gasteiger partial charge in [0, 0.05) is 33.9 Å². The van der Waals surface area contributed by atoms with Gasteiger partial charge in [-0.2, -0.15) is 0 Å². The highest BCUT2D eigenvalue weighted by Crippen LogP contribution is 2.42. The van der Waals surface area contributed by atoms with E-state index in [0.717, 1.165) is 27.2 Å². The summed E-state index contributed by atoms with van der Waals surface area (Å²) in [6.45, 7) is 0. The molecule has 5 rings (SSSR count). The van der Waals surface area contributed by atoms with Crippen LogP contribution >= 0.6 is 28.1 Å². The Bertz CT molecular complexity index is 1310. The Morgan fingerprint density at radius 2 is 1.70 bits per heavy atom. The van der Waals surface area contributed by atoms with Crippen LogP contribution in [-0.4, -0.2) is 25.7 Å². The number of hydrogen-bond donors (Lipinski definition) is 2. The number of carboxylic acids is 1. The van der Waals surface area contributed by atoms with Crippen LogP contribution in [0.4, 0.5) is 5.69 Å². The minimum absolute atomic E-state index is 0.172. The molecule has 2 aromatic carbocycles. The number of nitrogens with one attached hydrogen (secondary N) is 1. The van der Waals surface area contributed by atoms with Crippen molar-refractivity contribution in [3.63, 3.8) is 0 Å². The van der Waals surface area contributed by atoms with E-state index in [-0.39, 0.29) is 17.6 Å². The largest absolute Gasteiger partial charge is 0.478 e. The lowest BCUT2D eigenvalue weighted by Gasteiger charge is -2.29. The minimum Gasteiger partial charge on any atom is -0.478 e. The Balaban J connectivity index is 1.63. The van der Waals surface area contributed by atoms with Gasteiger partial charge in [0.2, 0.25) is 0 Å². The molecular formula is C25H19BrN4O2S. The first kappa shape index (κ1) is 21.4. The molecule has 1 fully saturated rings. The SMILES string of the molecule is O=C(O)c1ccc(-n2cccc2C2C(c3ccccn3)NC(=S)N2c2ccc(Br)cc2)cc1. The molecule has 0 bridgehead atoms. The highest BCUT2D eigenvalue weighted by Gasteiger charge is 2.42. The van der Waals surface area contributed by atoms with E-state index in [9.17, 15) is 9.90 Å². The molecule has 6 nitrogen and oxygen atoms in total. The van der Waals surface area contributed by atoms with E-state index in [1.54, 1.807) is 18.3 Å². The number of nitrogens with zero attached hydrogens (tertiary/aromatic N) is 3. The maximum atomic E-state index is 11.3. The van der Waals surface area contributed by atoms with Crippen LogP contribution in [0.15, 0.2) is 95.7 Å². The number of benzene rings is 2. The van der Waals surface area contributed by atoms with Gasteiger partial charge in [0.1, 0.15) is 6.04 Å².